The van der Waals surface area contributed by atoms with E-state index in [1.54, 1.807) is 11.9 Å². The minimum absolute atomic E-state index is 0.0630. The molecule has 1 aromatic heterocycles. The second kappa shape index (κ2) is 7.72. The summed E-state index contributed by atoms with van der Waals surface area (Å²) in [6.07, 6.45) is 4.46. The average Bonchev–Trinajstić information content (AvgIpc) is 3.01. The van der Waals surface area contributed by atoms with E-state index in [1.165, 1.54) is 5.56 Å². The summed E-state index contributed by atoms with van der Waals surface area (Å²) in [6.45, 7) is 2.46. The van der Waals surface area contributed by atoms with Crippen LogP contribution in [-0.2, 0) is 17.6 Å². The standard InChI is InChI=1S/C20H25N3O3/c1-14-9-11-15(12-10-14)23-17-7-4-3-6-16(17)19(21-23)20(26)22(2)13-5-8-18(24)25/h9-12H,3-8,13H2,1-2H3,(H,24,25). The SMILES string of the molecule is Cc1ccc(-n2nc(C(=O)N(C)CCCC(=O)O)c3c2CCCC3)cc1. The van der Waals surface area contributed by atoms with Crippen molar-refractivity contribution in [3.05, 3.63) is 46.8 Å². The van der Waals surface area contributed by atoms with Gasteiger partial charge in [-0.1, -0.05) is 17.7 Å². The third-order valence-corrected chi connectivity index (χ3v) is 4.89. The molecule has 6 heteroatoms. The number of aryl methyl sites for hydroxylation is 1. The summed E-state index contributed by atoms with van der Waals surface area (Å²) in [4.78, 5) is 25.2. The van der Waals surface area contributed by atoms with E-state index < -0.39 is 5.97 Å². The number of benzene rings is 1. The van der Waals surface area contributed by atoms with Gasteiger partial charge < -0.3 is 10.0 Å². The minimum Gasteiger partial charge on any atom is -0.481 e. The first-order valence-corrected chi connectivity index (χ1v) is 9.12. The monoisotopic (exact) mass is 355 g/mol. The van der Waals surface area contributed by atoms with Crippen LogP contribution in [0.25, 0.3) is 5.69 Å². The van der Waals surface area contributed by atoms with Crippen molar-refractivity contribution >= 4 is 11.9 Å². The fourth-order valence-electron chi connectivity index (χ4n) is 3.42. The lowest BCUT2D eigenvalue weighted by Gasteiger charge is -2.17. The predicted octanol–water partition coefficient (Wildman–Crippen LogP) is 3.00. The minimum atomic E-state index is -0.841. The number of amides is 1. The van der Waals surface area contributed by atoms with E-state index in [1.807, 2.05) is 35.9 Å². The number of aliphatic carboxylic acids is 1. The lowest BCUT2D eigenvalue weighted by Crippen LogP contribution is -2.29. The number of nitrogens with zero attached hydrogens (tertiary/aromatic N) is 3. The second-order valence-corrected chi connectivity index (χ2v) is 6.95. The van der Waals surface area contributed by atoms with Crippen molar-refractivity contribution in [1.29, 1.82) is 0 Å². The van der Waals surface area contributed by atoms with Crippen LogP contribution in [0.2, 0.25) is 0 Å². The van der Waals surface area contributed by atoms with Gasteiger partial charge in [-0.2, -0.15) is 5.10 Å². The Morgan fingerprint density at radius 1 is 1.19 bits per heavy atom. The number of carbonyl (C=O) groups is 2. The van der Waals surface area contributed by atoms with Crippen LogP contribution in [0.3, 0.4) is 0 Å². The summed E-state index contributed by atoms with van der Waals surface area (Å²) in [5.41, 5.74) is 4.85. The van der Waals surface area contributed by atoms with E-state index >= 15 is 0 Å². The highest BCUT2D eigenvalue weighted by Gasteiger charge is 2.27. The summed E-state index contributed by atoms with van der Waals surface area (Å²) in [7, 11) is 1.71. The van der Waals surface area contributed by atoms with Crippen LogP contribution < -0.4 is 0 Å². The van der Waals surface area contributed by atoms with Gasteiger partial charge in [-0.15, -0.1) is 0 Å². The Morgan fingerprint density at radius 3 is 2.58 bits per heavy atom. The molecule has 0 radical (unpaired) electrons. The first-order chi connectivity index (χ1) is 12.5. The Labute approximate surface area is 153 Å². The molecule has 1 aromatic carbocycles. The van der Waals surface area contributed by atoms with E-state index in [4.69, 9.17) is 5.11 Å². The maximum absolute atomic E-state index is 12.9. The highest BCUT2D eigenvalue weighted by Crippen LogP contribution is 2.27. The largest absolute Gasteiger partial charge is 0.481 e. The molecule has 3 rings (SSSR count). The van der Waals surface area contributed by atoms with Gasteiger partial charge >= 0.3 is 5.97 Å². The van der Waals surface area contributed by atoms with E-state index in [9.17, 15) is 9.59 Å². The van der Waals surface area contributed by atoms with E-state index in [-0.39, 0.29) is 12.3 Å². The van der Waals surface area contributed by atoms with Gasteiger partial charge in [0.25, 0.3) is 5.91 Å². The lowest BCUT2D eigenvalue weighted by molar-refractivity contribution is -0.137. The van der Waals surface area contributed by atoms with Gasteiger partial charge in [0.05, 0.1) is 5.69 Å². The Kier molecular flexibility index (Phi) is 5.40. The third kappa shape index (κ3) is 3.79. The molecule has 138 valence electrons. The molecule has 0 aliphatic heterocycles. The van der Waals surface area contributed by atoms with Crippen molar-refractivity contribution in [2.45, 2.75) is 45.4 Å². The van der Waals surface area contributed by atoms with E-state index in [0.29, 0.717) is 18.7 Å². The molecule has 2 aromatic rings. The highest BCUT2D eigenvalue weighted by atomic mass is 16.4. The van der Waals surface area contributed by atoms with E-state index in [0.717, 1.165) is 42.6 Å². The zero-order valence-electron chi connectivity index (χ0n) is 15.4. The summed E-state index contributed by atoms with van der Waals surface area (Å²) < 4.78 is 1.91. The predicted molar refractivity (Wildman–Crippen MR) is 98.8 cm³/mol. The van der Waals surface area contributed by atoms with Crippen LogP contribution in [0.4, 0.5) is 0 Å². The Hall–Kier alpha value is -2.63. The molecule has 0 saturated carbocycles. The van der Waals surface area contributed by atoms with Crippen LogP contribution in [0.1, 0.15) is 53.0 Å². The molecule has 0 bridgehead atoms. The molecule has 26 heavy (non-hydrogen) atoms. The molecule has 1 aliphatic carbocycles. The molecule has 1 amide bonds. The lowest BCUT2D eigenvalue weighted by atomic mass is 9.95. The third-order valence-electron chi connectivity index (χ3n) is 4.89. The summed E-state index contributed by atoms with van der Waals surface area (Å²) in [5, 5.41) is 13.4. The summed E-state index contributed by atoms with van der Waals surface area (Å²) in [6, 6.07) is 8.15. The number of aromatic nitrogens is 2. The molecule has 0 spiro atoms. The Balaban J connectivity index is 1.88. The quantitative estimate of drug-likeness (QED) is 0.864. The van der Waals surface area contributed by atoms with Crippen LogP contribution in [-0.4, -0.2) is 45.3 Å². The fraction of sp³-hybridized carbons (Fsp3) is 0.450. The number of carboxylic acids is 1. The maximum atomic E-state index is 12.9. The topological polar surface area (TPSA) is 75.4 Å². The van der Waals surface area contributed by atoms with Gasteiger partial charge in [0.2, 0.25) is 0 Å². The van der Waals surface area contributed by atoms with Gasteiger partial charge in [-0.3, -0.25) is 9.59 Å². The van der Waals surface area contributed by atoms with Crippen molar-refractivity contribution in [2.75, 3.05) is 13.6 Å². The zero-order valence-corrected chi connectivity index (χ0v) is 15.4. The first kappa shape index (κ1) is 18.2. The molecular weight excluding hydrogens is 330 g/mol. The number of hydrogen-bond donors (Lipinski definition) is 1. The smallest absolute Gasteiger partial charge is 0.303 e. The maximum Gasteiger partial charge on any atom is 0.303 e. The van der Waals surface area contributed by atoms with Crippen LogP contribution in [0.5, 0.6) is 0 Å². The van der Waals surface area contributed by atoms with Crippen LogP contribution >= 0.6 is 0 Å². The zero-order chi connectivity index (χ0) is 18.7. The van der Waals surface area contributed by atoms with Gasteiger partial charge in [0, 0.05) is 31.3 Å². The fourth-order valence-corrected chi connectivity index (χ4v) is 3.42. The van der Waals surface area contributed by atoms with Gasteiger partial charge in [-0.25, -0.2) is 4.68 Å². The summed E-state index contributed by atoms with van der Waals surface area (Å²) >= 11 is 0. The Bertz CT molecular complexity index is 808. The molecule has 0 saturated heterocycles. The highest BCUT2D eigenvalue weighted by molar-refractivity contribution is 5.94. The molecule has 1 N–H and O–H groups in total. The second-order valence-electron chi connectivity index (χ2n) is 6.95. The Morgan fingerprint density at radius 2 is 1.88 bits per heavy atom. The molecular formula is C20H25N3O3. The van der Waals surface area contributed by atoms with Crippen molar-refractivity contribution in [1.82, 2.24) is 14.7 Å². The van der Waals surface area contributed by atoms with Crippen LogP contribution in [0, 0.1) is 6.92 Å². The van der Waals surface area contributed by atoms with E-state index in [2.05, 4.69) is 5.10 Å². The summed E-state index contributed by atoms with van der Waals surface area (Å²) in [5.74, 6) is -0.966. The number of fused-ring (bicyclic) bond motifs is 1. The molecule has 1 aliphatic rings. The van der Waals surface area contributed by atoms with Gasteiger partial charge in [-0.05, 0) is 51.2 Å². The molecule has 0 fully saturated rings. The number of rotatable bonds is 6. The van der Waals surface area contributed by atoms with Gasteiger partial charge in [0.1, 0.15) is 0 Å². The number of carbonyl (C=O) groups excluding carboxylic acids is 1. The van der Waals surface area contributed by atoms with Gasteiger partial charge in [0.15, 0.2) is 5.69 Å². The molecule has 6 nitrogen and oxygen atoms in total. The van der Waals surface area contributed by atoms with Crippen molar-refractivity contribution in [2.24, 2.45) is 0 Å². The first-order valence-electron chi connectivity index (χ1n) is 9.12. The average molecular weight is 355 g/mol. The van der Waals surface area contributed by atoms with Crippen molar-refractivity contribution < 1.29 is 14.7 Å². The van der Waals surface area contributed by atoms with Crippen LogP contribution in [0.15, 0.2) is 24.3 Å². The molecule has 1 heterocycles. The normalized spacial score (nSPS) is 13.3. The van der Waals surface area contributed by atoms with Crippen molar-refractivity contribution in [3.8, 4) is 5.69 Å². The molecule has 0 atom stereocenters. The van der Waals surface area contributed by atoms with Crippen molar-refractivity contribution in [3.63, 3.8) is 0 Å². The molecule has 0 unspecified atom stereocenters. The number of hydrogen-bond acceptors (Lipinski definition) is 3. The number of carboxylic acid groups (broad SMARTS) is 1.